The van der Waals surface area contributed by atoms with E-state index in [4.69, 9.17) is 4.74 Å². The van der Waals surface area contributed by atoms with Crippen molar-refractivity contribution in [2.24, 2.45) is 0 Å². The molecule has 0 aliphatic carbocycles. The summed E-state index contributed by atoms with van der Waals surface area (Å²) >= 11 is 0. The molecular formula is C17H22N2O3. The summed E-state index contributed by atoms with van der Waals surface area (Å²) in [5.41, 5.74) is 2.74. The molecule has 22 heavy (non-hydrogen) atoms. The van der Waals surface area contributed by atoms with Gasteiger partial charge in [0, 0.05) is 16.6 Å². The summed E-state index contributed by atoms with van der Waals surface area (Å²) in [6.07, 6.45) is 0.255. The Balaban J connectivity index is 1.93. The van der Waals surface area contributed by atoms with Gasteiger partial charge in [-0.1, -0.05) is 18.2 Å². The number of aliphatic hydroxyl groups is 1. The molecule has 0 radical (unpaired) electrons. The highest BCUT2D eigenvalue weighted by Crippen LogP contribution is 2.30. The number of hydrogen-bond acceptors (Lipinski definition) is 3. The lowest BCUT2D eigenvalue weighted by molar-refractivity contribution is 0.00437. The number of hydrogen-bond donors (Lipinski definition) is 2. The Morgan fingerprint density at radius 2 is 2.14 bits per heavy atom. The van der Waals surface area contributed by atoms with Crippen molar-refractivity contribution >= 4 is 17.0 Å². The number of aromatic amines is 1. The van der Waals surface area contributed by atoms with Crippen molar-refractivity contribution in [1.82, 2.24) is 9.88 Å². The number of rotatable bonds is 1. The number of fused-ring (bicyclic) bond motifs is 3. The number of para-hydroxylation sites is 1. The zero-order valence-corrected chi connectivity index (χ0v) is 13.2. The second kappa shape index (κ2) is 5.32. The maximum absolute atomic E-state index is 12.4. The van der Waals surface area contributed by atoms with Crippen molar-refractivity contribution < 1.29 is 14.6 Å². The standard InChI is InChI=1S/C17H22N2O3/c1-17(2,3)22-16(21)19-9-15-13(8-11(19)10-20)12-6-4-5-7-14(12)18-15/h4-7,11,18,20H,8-10H2,1-3H3/t11-/m0/s1. The highest BCUT2D eigenvalue weighted by Gasteiger charge is 2.34. The smallest absolute Gasteiger partial charge is 0.410 e. The van der Waals surface area contributed by atoms with Crippen LogP contribution in [-0.2, 0) is 17.7 Å². The van der Waals surface area contributed by atoms with Crippen LogP contribution in [0.15, 0.2) is 24.3 Å². The van der Waals surface area contributed by atoms with Crippen molar-refractivity contribution in [2.45, 2.75) is 45.4 Å². The summed E-state index contributed by atoms with van der Waals surface area (Å²) in [5.74, 6) is 0. The van der Waals surface area contributed by atoms with Crippen molar-refractivity contribution in [2.75, 3.05) is 6.61 Å². The van der Waals surface area contributed by atoms with Gasteiger partial charge in [-0.3, -0.25) is 4.90 Å². The third-order valence-electron chi connectivity index (χ3n) is 3.95. The van der Waals surface area contributed by atoms with E-state index in [0.717, 1.165) is 11.2 Å². The number of ether oxygens (including phenoxy) is 1. The Morgan fingerprint density at radius 3 is 2.82 bits per heavy atom. The number of carbonyl (C=O) groups is 1. The van der Waals surface area contributed by atoms with Crippen LogP contribution < -0.4 is 0 Å². The van der Waals surface area contributed by atoms with Gasteiger partial charge in [-0.25, -0.2) is 4.79 Å². The topological polar surface area (TPSA) is 65.6 Å². The molecule has 0 spiro atoms. The minimum Gasteiger partial charge on any atom is -0.444 e. The minimum absolute atomic E-state index is 0.0712. The first-order chi connectivity index (χ1) is 10.4. The summed E-state index contributed by atoms with van der Waals surface area (Å²) in [7, 11) is 0. The third kappa shape index (κ3) is 2.68. The predicted molar refractivity (Wildman–Crippen MR) is 84.7 cm³/mol. The Bertz CT molecular complexity index is 699. The van der Waals surface area contributed by atoms with Crippen LogP contribution in [-0.4, -0.2) is 39.3 Å². The van der Waals surface area contributed by atoms with Crippen LogP contribution in [0.1, 0.15) is 32.0 Å². The second-order valence-corrected chi connectivity index (χ2v) is 6.78. The molecule has 2 heterocycles. The van der Waals surface area contributed by atoms with Gasteiger partial charge in [-0.2, -0.15) is 0 Å². The van der Waals surface area contributed by atoms with Gasteiger partial charge in [-0.15, -0.1) is 0 Å². The van der Waals surface area contributed by atoms with Crippen molar-refractivity contribution in [3.8, 4) is 0 Å². The molecule has 2 aromatic rings. The van der Waals surface area contributed by atoms with Gasteiger partial charge in [0.1, 0.15) is 5.60 Å². The number of benzene rings is 1. The fourth-order valence-electron chi connectivity index (χ4n) is 2.97. The van der Waals surface area contributed by atoms with E-state index < -0.39 is 5.60 Å². The van der Waals surface area contributed by atoms with Crippen LogP contribution in [0, 0.1) is 0 Å². The summed E-state index contributed by atoms with van der Waals surface area (Å²) in [5, 5.41) is 10.9. The van der Waals surface area contributed by atoms with Crippen molar-refractivity contribution in [1.29, 1.82) is 0 Å². The molecule has 3 rings (SSSR count). The van der Waals surface area contributed by atoms with Crippen molar-refractivity contribution in [3.63, 3.8) is 0 Å². The number of nitrogens with zero attached hydrogens (tertiary/aromatic N) is 1. The first-order valence-corrected chi connectivity index (χ1v) is 7.58. The number of amides is 1. The molecule has 2 N–H and O–H groups in total. The summed E-state index contributed by atoms with van der Waals surface area (Å²) < 4.78 is 5.46. The molecule has 0 bridgehead atoms. The number of carbonyl (C=O) groups excluding carboxylic acids is 1. The normalized spacial score (nSPS) is 18.4. The SMILES string of the molecule is CC(C)(C)OC(=O)N1Cc2[nH]c3ccccc3c2C[C@H]1CO. The lowest BCUT2D eigenvalue weighted by Crippen LogP contribution is -2.48. The third-order valence-corrected chi connectivity index (χ3v) is 3.95. The molecule has 118 valence electrons. The lowest BCUT2D eigenvalue weighted by atomic mass is 9.97. The first-order valence-electron chi connectivity index (χ1n) is 7.58. The van der Waals surface area contributed by atoms with Gasteiger partial charge in [-0.05, 0) is 38.8 Å². The molecule has 5 nitrogen and oxygen atoms in total. The zero-order valence-electron chi connectivity index (χ0n) is 13.2. The van der Waals surface area contributed by atoms with E-state index in [0.29, 0.717) is 13.0 Å². The minimum atomic E-state index is -0.544. The molecule has 0 unspecified atom stereocenters. The summed E-state index contributed by atoms with van der Waals surface area (Å²) in [6, 6.07) is 7.84. The number of nitrogens with one attached hydrogen (secondary N) is 1. The summed E-state index contributed by atoms with van der Waals surface area (Å²) in [4.78, 5) is 17.4. The van der Waals surface area contributed by atoms with E-state index in [1.807, 2.05) is 39.0 Å². The van der Waals surface area contributed by atoms with E-state index in [-0.39, 0.29) is 18.7 Å². The first kappa shape index (κ1) is 14.9. The Kier molecular flexibility index (Phi) is 3.60. The quantitative estimate of drug-likeness (QED) is 0.851. The number of H-pyrrole nitrogens is 1. The van der Waals surface area contributed by atoms with E-state index in [1.165, 1.54) is 10.9 Å². The van der Waals surface area contributed by atoms with E-state index in [9.17, 15) is 9.90 Å². The average Bonchev–Trinajstić information content (AvgIpc) is 2.81. The van der Waals surface area contributed by atoms with E-state index >= 15 is 0 Å². The maximum Gasteiger partial charge on any atom is 0.410 e. The summed E-state index contributed by atoms with van der Waals surface area (Å²) in [6.45, 7) is 5.90. The molecule has 1 aliphatic rings. The second-order valence-electron chi connectivity index (χ2n) is 6.78. The van der Waals surface area contributed by atoms with Gasteiger partial charge in [0.15, 0.2) is 0 Å². The van der Waals surface area contributed by atoms with Gasteiger partial charge >= 0.3 is 6.09 Å². The van der Waals surface area contributed by atoms with Crippen LogP contribution in [0.4, 0.5) is 4.79 Å². The molecule has 1 aromatic heterocycles. The molecular weight excluding hydrogens is 280 g/mol. The van der Waals surface area contributed by atoms with Crippen LogP contribution >= 0.6 is 0 Å². The van der Waals surface area contributed by atoms with Gasteiger partial charge in [0.2, 0.25) is 0 Å². The van der Waals surface area contributed by atoms with E-state index in [2.05, 4.69) is 11.1 Å². The largest absolute Gasteiger partial charge is 0.444 e. The van der Waals surface area contributed by atoms with Gasteiger partial charge in [0.05, 0.1) is 19.2 Å². The van der Waals surface area contributed by atoms with Crippen LogP contribution in [0.3, 0.4) is 0 Å². The molecule has 1 aliphatic heterocycles. The van der Waals surface area contributed by atoms with Gasteiger partial charge in [0.25, 0.3) is 0 Å². The Morgan fingerprint density at radius 1 is 1.41 bits per heavy atom. The van der Waals surface area contributed by atoms with Crippen LogP contribution in [0.25, 0.3) is 10.9 Å². The molecule has 1 amide bonds. The molecule has 0 fully saturated rings. The Hall–Kier alpha value is -2.01. The molecule has 5 heteroatoms. The number of aromatic nitrogens is 1. The predicted octanol–water partition coefficient (Wildman–Crippen LogP) is 2.82. The molecule has 1 atom stereocenters. The lowest BCUT2D eigenvalue weighted by Gasteiger charge is -2.35. The molecule has 1 aromatic carbocycles. The molecule has 0 saturated carbocycles. The van der Waals surface area contributed by atoms with E-state index in [1.54, 1.807) is 4.90 Å². The fourth-order valence-corrected chi connectivity index (χ4v) is 2.97. The molecule has 0 saturated heterocycles. The van der Waals surface area contributed by atoms with Crippen LogP contribution in [0.5, 0.6) is 0 Å². The average molecular weight is 302 g/mol. The maximum atomic E-state index is 12.4. The van der Waals surface area contributed by atoms with Crippen LogP contribution in [0.2, 0.25) is 0 Å². The van der Waals surface area contributed by atoms with Gasteiger partial charge < -0.3 is 14.8 Å². The highest BCUT2D eigenvalue weighted by atomic mass is 16.6. The zero-order chi connectivity index (χ0) is 15.9. The Labute approximate surface area is 129 Å². The fraction of sp³-hybridized carbons (Fsp3) is 0.471. The number of aliphatic hydroxyl groups excluding tert-OH is 1. The van der Waals surface area contributed by atoms with Crippen molar-refractivity contribution in [3.05, 3.63) is 35.5 Å². The highest BCUT2D eigenvalue weighted by molar-refractivity contribution is 5.85. The monoisotopic (exact) mass is 302 g/mol.